The number of hydrogen-bond acceptors (Lipinski definition) is 5. The van der Waals surface area contributed by atoms with E-state index in [0.29, 0.717) is 34.1 Å². The molecule has 0 spiro atoms. The molecular formula is C16H14N2O5. The summed E-state index contributed by atoms with van der Waals surface area (Å²) in [6.45, 7) is 1.61. The first-order valence-corrected chi connectivity index (χ1v) is 6.84. The summed E-state index contributed by atoms with van der Waals surface area (Å²) in [5.74, 6) is 1.01. The lowest BCUT2D eigenvalue weighted by Crippen LogP contribution is -2.07. The second-order valence-electron chi connectivity index (χ2n) is 4.94. The molecule has 0 saturated carbocycles. The highest BCUT2D eigenvalue weighted by Crippen LogP contribution is 2.38. The lowest BCUT2D eigenvalue weighted by atomic mass is 10.1. The molecule has 118 valence electrons. The Morgan fingerprint density at radius 2 is 1.65 bits per heavy atom. The van der Waals surface area contributed by atoms with Crippen molar-refractivity contribution in [3.63, 3.8) is 0 Å². The van der Waals surface area contributed by atoms with Gasteiger partial charge in [-0.1, -0.05) is 0 Å². The van der Waals surface area contributed by atoms with Gasteiger partial charge in [-0.05, 0) is 37.3 Å². The minimum Gasteiger partial charge on any atom is -0.465 e. The van der Waals surface area contributed by atoms with Crippen molar-refractivity contribution < 1.29 is 24.2 Å². The molecule has 0 aliphatic carbocycles. The Balaban J connectivity index is 1.87. The summed E-state index contributed by atoms with van der Waals surface area (Å²) in [7, 11) is 0. The van der Waals surface area contributed by atoms with Gasteiger partial charge in [-0.25, -0.2) is 4.79 Å². The Bertz CT molecular complexity index is 771. The number of fused-ring (bicyclic) bond motifs is 1. The predicted octanol–water partition coefficient (Wildman–Crippen LogP) is 3.45. The largest absolute Gasteiger partial charge is 0.465 e. The molecule has 0 saturated heterocycles. The number of carbonyl (C=O) groups is 2. The lowest BCUT2D eigenvalue weighted by molar-refractivity contribution is 0.101. The Kier molecular flexibility index (Phi) is 3.76. The summed E-state index contributed by atoms with van der Waals surface area (Å²) in [4.78, 5) is 22.4. The van der Waals surface area contributed by atoms with Crippen LogP contribution in [-0.2, 0) is 0 Å². The van der Waals surface area contributed by atoms with Gasteiger partial charge in [-0.15, -0.1) is 0 Å². The van der Waals surface area contributed by atoms with Crippen molar-refractivity contribution >= 4 is 28.9 Å². The molecule has 3 N–H and O–H groups in total. The van der Waals surface area contributed by atoms with Gasteiger partial charge in [0.2, 0.25) is 6.79 Å². The summed E-state index contributed by atoms with van der Waals surface area (Å²) in [5, 5.41) is 14.1. The van der Waals surface area contributed by atoms with Gasteiger partial charge in [0.15, 0.2) is 17.3 Å². The maximum absolute atomic E-state index is 11.8. The van der Waals surface area contributed by atoms with Crippen molar-refractivity contribution in [3.8, 4) is 11.5 Å². The van der Waals surface area contributed by atoms with E-state index in [1.54, 1.807) is 36.4 Å². The van der Waals surface area contributed by atoms with E-state index < -0.39 is 6.09 Å². The fourth-order valence-electron chi connectivity index (χ4n) is 2.25. The highest BCUT2D eigenvalue weighted by atomic mass is 16.7. The molecule has 7 nitrogen and oxygen atoms in total. The van der Waals surface area contributed by atoms with Crippen LogP contribution in [0.5, 0.6) is 11.5 Å². The molecule has 0 atom stereocenters. The van der Waals surface area contributed by atoms with Gasteiger partial charge in [0.05, 0.1) is 5.69 Å². The fraction of sp³-hybridized carbons (Fsp3) is 0.125. The number of carboxylic acid groups (broad SMARTS) is 1. The molecule has 0 unspecified atom stereocenters. The zero-order valence-electron chi connectivity index (χ0n) is 12.3. The Hall–Kier alpha value is -3.22. The van der Waals surface area contributed by atoms with Gasteiger partial charge in [-0.3, -0.25) is 10.1 Å². The highest BCUT2D eigenvalue weighted by Gasteiger charge is 2.19. The first kappa shape index (κ1) is 14.7. The molecule has 1 aliphatic heterocycles. The number of nitrogens with one attached hydrogen (secondary N) is 2. The molecule has 1 heterocycles. The smallest absolute Gasteiger partial charge is 0.409 e. The summed E-state index contributed by atoms with van der Waals surface area (Å²) in [5.41, 5.74) is 2.26. The first-order chi connectivity index (χ1) is 11.0. The molecule has 1 amide bonds. The minimum atomic E-state index is -1.12. The van der Waals surface area contributed by atoms with Crippen LogP contribution in [0.15, 0.2) is 36.4 Å². The van der Waals surface area contributed by atoms with Crippen LogP contribution >= 0.6 is 0 Å². The lowest BCUT2D eigenvalue weighted by Gasteiger charge is -2.12. The zero-order chi connectivity index (χ0) is 16.4. The van der Waals surface area contributed by atoms with Gasteiger partial charge in [-0.2, -0.15) is 0 Å². The fourth-order valence-corrected chi connectivity index (χ4v) is 2.25. The molecular weight excluding hydrogens is 300 g/mol. The van der Waals surface area contributed by atoms with Crippen LogP contribution in [-0.4, -0.2) is 23.8 Å². The summed E-state index contributed by atoms with van der Waals surface area (Å²) in [6, 6.07) is 10.0. The number of carbonyl (C=O) groups excluding carboxylic acids is 1. The Labute approximate surface area is 131 Å². The number of anilines is 3. The standard InChI is InChI=1S/C16H14N2O5/c1-9(19)12-6-14-15(23-8-22-14)7-13(12)17-10-2-4-11(5-3-10)18-16(20)21/h2-7,17-18H,8H2,1H3,(H,20,21). The van der Waals surface area contributed by atoms with Gasteiger partial charge in [0.1, 0.15) is 0 Å². The molecule has 23 heavy (non-hydrogen) atoms. The number of Topliss-reactive ketones (excluding diaryl/α,β-unsaturated/α-hetero) is 1. The van der Waals surface area contributed by atoms with Gasteiger partial charge in [0.25, 0.3) is 0 Å². The maximum Gasteiger partial charge on any atom is 0.409 e. The van der Waals surface area contributed by atoms with E-state index in [1.165, 1.54) is 6.92 Å². The topological polar surface area (TPSA) is 96.9 Å². The van der Waals surface area contributed by atoms with Crippen LogP contribution in [0.3, 0.4) is 0 Å². The molecule has 7 heteroatoms. The van der Waals surface area contributed by atoms with Crippen molar-refractivity contribution in [2.45, 2.75) is 6.92 Å². The molecule has 0 radical (unpaired) electrons. The quantitative estimate of drug-likeness (QED) is 0.748. The summed E-state index contributed by atoms with van der Waals surface area (Å²) >= 11 is 0. The Morgan fingerprint density at radius 1 is 1.04 bits per heavy atom. The number of ketones is 1. The van der Waals surface area contributed by atoms with Gasteiger partial charge >= 0.3 is 6.09 Å². The van der Waals surface area contributed by atoms with Gasteiger partial charge in [0, 0.05) is 23.0 Å². The van der Waals surface area contributed by atoms with E-state index in [0.717, 1.165) is 0 Å². The van der Waals surface area contributed by atoms with E-state index in [2.05, 4.69) is 10.6 Å². The number of amides is 1. The normalized spacial score (nSPS) is 11.9. The average Bonchev–Trinajstić information content (AvgIpc) is 2.95. The van der Waals surface area contributed by atoms with E-state index in [4.69, 9.17) is 14.6 Å². The first-order valence-electron chi connectivity index (χ1n) is 6.84. The third-order valence-electron chi connectivity index (χ3n) is 3.31. The number of hydrogen-bond donors (Lipinski definition) is 3. The molecule has 0 bridgehead atoms. The molecule has 1 aliphatic rings. The van der Waals surface area contributed by atoms with E-state index in [9.17, 15) is 9.59 Å². The average molecular weight is 314 g/mol. The molecule has 3 rings (SSSR count). The zero-order valence-corrected chi connectivity index (χ0v) is 12.3. The van der Waals surface area contributed by atoms with Gasteiger partial charge < -0.3 is 19.9 Å². The minimum absolute atomic E-state index is 0.102. The Morgan fingerprint density at radius 3 is 2.26 bits per heavy atom. The van der Waals surface area contributed by atoms with E-state index in [1.807, 2.05) is 0 Å². The van der Waals surface area contributed by atoms with Crippen molar-refractivity contribution in [1.29, 1.82) is 0 Å². The maximum atomic E-state index is 11.8. The predicted molar refractivity (Wildman–Crippen MR) is 83.9 cm³/mol. The molecule has 0 aromatic heterocycles. The molecule has 0 fully saturated rings. The second kappa shape index (κ2) is 5.88. The van der Waals surface area contributed by atoms with Crippen LogP contribution in [0.1, 0.15) is 17.3 Å². The number of benzene rings is 2. The number of rotatable bonds is 4. The van der Waals surface area contributed by atoms with Crippen LogP contribution in [0.25, 0.3) is 0 Å². The van der Waals surface area contributed by atoms with E-state index >= 15 is 0 Å². The van der Waals surface area contributed by atoms with Crippen molar-refractivity contribution in [1.82, 2.24) is 0 Å². The van der Waals surface area contributed by atoms with Crippen molar-refractivity contribution in [2.75, 3.05) is 17.4 Å². The third-order valence-corrected chi connectivity index (χ3v) is 3.31. The van der Waals surface area contributed by atoms with Crippen molar-refractivity contribution in [2.24, 2.45) is 0 Å². The molecule has 2 aromatic rings. The monoisotopic (exact) mass is 314 g/mol. The van der Waals surface area contributed by atoms with Crippen LogP contribution in [0.2, 0.25) is 0 Å². The van der Waals surface area contributed by atoms with Crippen LogP contribution in [0.4, 0.5) is 21.9 Å². The highest BCUT2D eigenvalue weighted by molar-refractivity contribution is 6.01. The SMILES string of the molecule is CC(=O)c1cc2c(cc1Nc1ccc(NC(=O)O)cc1)OCO2. The number of ether oxygens (including phenoxy) is 2. The van der Waals surface area contributed by atoms with Crippen LogP contribution in [0, 0.1) is 0 Å². The van der Waals surface area contributed by atoms with Crippen molar-refractivity contribution in [3.05, 3.63) is 42.0 Å². The molecule has 2 aromatic carbocycles. The third kappa shape index (κ3) is 3.18. The summed E-state index contributed by atoms with van der Waals surface area (Å²) < 4.78 is 10.6. The second-order valence-corrected chi connectivity index (χ2v) is 4.94. The van der Waals surface area contributed by atoms with E-state index in [-0.39, 0.29) is 12.6 Å². The van der Waals surface area contributed by atoms with Crippen LogP contribution < -0.4 is 20.1 Å². The summed E-state index contributed by atoms with van der Waals surface area (Å²) in [6.07, 6.45) is -1.12.